The third kappa shape index (κ3) is 5.15. The third-order valence-corrected chi connectivity index (χ3v) is 8.41. The van der Waals surface area contributed by atoms with Crippen LogP contribution in [0.5, 0.6) is 0 Å². The lowest BCUT2D eigenvalue weighted by molar-refractivity contribution is 0.0950. The van der Waals surface area contributed by atoms with Crippen molar-refractivity contribution < 1.29 is 13.2 Å². The quantitative estimate of drug-likeness (QED) is 0.712. The van der Waals surface area contributed by atoms with E-state index in [9.17, 15) is 13.2 Å². The summed E-state index contributed by atoms with van der Waals surface area (Å²) < 4.78 is 27.5. The number of hydrogen-bond acceptors (Lipinski definition) is 4. The van der Waals surface area contributed by atoms with Crippen molar-refractivity contribution in [1.82, 2.24) is 9.62 Å². The summed E-state index contributed by atoms with van der Waals surface area (Å²) in [5.74, 6) is -0.252. The number of nitrogens with zero attached hydrogens (tertiary/aromatic N) is 2. The first-order chi connectivity index (χ1) is 15.4. The second-order valence-electron chi connectivity index (χ2n) is 8.84. The van der Waals surface area contributed by atoms with E-state index in [-0.39, 0.29) is 10.8 Å². The molecule has 0 bridgehead atoms. The molecular formula is C25H33N3O3S. The van der Waals surface area contributed by atoms with Gasteiger partial charge in [-0.3, -0.25) is 4.79 Å². The Labute approximate surface area is 191 Å². The number of hydrogen-bond donors (Lipinski definition) is 1. The van der Waals surface area contributed by atoms with Crippen molar-refractivity contribution in [2.45, 2.75) is 56.9 Å². The van der Waals surface area contributed by atoms with E-state index >= 15 is 0 Å². The lowest BCUT2D eigenvalue weighted by Crippen LogP contribution is -2.35. The number of aryl methyl sites for hydroxylation is 1. The second-order valence-corrected chi connectivity index (χ2v) is 10.8. The minimum Gasteiger partial charge on any atom is -0.372 e. The van der Waals surface area contributed by atoms with Crippen LogP contribution in [0.25, 0.3) is 0 Å². The van der Waals surface area contributed by atoms with Crippen molar-refractivity contribution in [3.05, 3.63) is 59.2 Å². The van der Waals surface area contributed by atoms with Gasteiger partial charge >= 0.3 is 0 Å². The van der Waals surface area contributed by atoms with Gasteiger partial charge in [0, 0.05) is 44.0 Å². The number of benzene rings is 2. The molecule has 0 atom stereocenters. The maximum Gasteiger partial charge on any atom is 0.251 e. The number of rotatable bonds is 6. The topological polar surface area (TPSA) is 69.7 Å². The smallest absolute Gasteiger partial charge is 0.251 e. The zero-order valence-electron chi connectivity index (χ0n) is 18.8. The Morgan fingerprint density at radius 2 is 1.50 bits per heavy atom. The lowest BCUT2D eigenvalue weighted by atomic mass is 10.1. The van der Waals surface area contributed by atoms with Crippen LogP contribution in [-0.2, 0) is 16.6 Å². The zero-order chi connectivity index (χ0) is 22.6. The molecule has 2 saturated heterocycles. The van der Waals surface area contributed by atoms with Crippen LogP contribution in [0.4, 0.5) is 5.69 Å². The van der Waals surface area contributed by atoms with E-state index in [1.807, 2.05) is 19.1 Å². The van der Waals surface area contributed by atoms with Gasteiger partial charge in [-0.15, -0.1) is 0 Å². The molecular weight excluding hydrogens is 422 g/mol. The maximum atomic E-state index is 13.0. The van der Waals surface area contributed by atoms with E-state index in [1.54, 1.807) is 12.1 Å². The number of amides is 1. The first kappa shape index (κ1) is 22.8. The summed E-state index contributed by atoms with van der Waals surface area (Å²) >= 11 is 0. The van der Waals surface area contributed by atoms with Crippen LogP contribution in [0.15, 0.2) is 47.4 Å². The van der Waals surface area contributed by atoms with E-state index < -0.39 is 10.0 Å². The average molecular weight is 456 g/mol. The molecule has 172 valence electrons. The Balaban J connectivity index is 1.42. The molecule has 1 amide bonds. The Hall–Kier alpha value is -2.38. The zero-order valence-corrected chi connectivity index (χ0v) is 19.7. The summed E-state index contributed by atoms with van der Waals surface area (Å²) in [5.41, 5.74) is 3.42. The highest BCUT2D eigenvalue weighted by atomic mass is 32.2. The van der Waals surface area contributed by atoms with E-state index in [2.05, 4.69) is 22.3 Å². The summed E-state index contributed by atoms with van der Waals surface area (Å²) in [6, 6.07) is 13.2. The highest BCUT2D eigenvalue weighted by Crippen LogP contribution is 2.23. The van der Waals surface area contributed by atoms with Gasteiger partial charge in [0.1, 0.15) is 0 Å². The van der Waals surface area contributed by atoms with Crippen LogP contribution in [0, 0.1) is 6.92 Å². The van der Waals surface area contributed by atoms with Crippen LogP contribution in [0.2, 0.25) is 0 Å². The average Bonchev–Trinajstić information content (AvgIpc) is 2.84. The molecule has 7 heteroatoms. The highest BCUT2D eigenvalue weighted by Gasteiger charge is 2.27. The first-order valence-electron chi connectivity index (χ1n) is 11.7. The summed E-state index contributed by atoms with van der Waals surface area (Å²) in [5, 5.41) is 2.95. The molecule has 32 heavy (non-hydrogen) atoms. The Morgan fingerprint density at radius 3 is 2.16 bits per heavy atom. The van der Waals surface area contributed by atoms with Crippen molar-refractivity contribution in [3.63, 3.8) is 0 Å². The van der Waals surface area contributed by atoms with Gasteiger partial charge in [-0.2, -0.15) is 4.31 Å². The molecule has 0 aromatic heterocycles. The summed E-state index contributed by atoms with van der Waals surface area (Å²) in [4.78, 5) is 15.5. The second kappa shape index (κ2) is 10.0. The third-order valence-electron chi connectivity index (χ3n) is 6.52. The molecule has 2 fully saturated rings. The van der Waals surface area contributed by atoms with E-state index in [4.69, 9.17) is 0 Å². The van der Waals surface area contributed by atoms with E-state index in [0.717, 1.165) is 43.5 Å². The van der Waals surface area contributed by atoms with Gasteiger partial charge in [0.05, 0.1) is 4.90 Å². The number of carbonyl (C=O) groups excluding carboxylic acids is 1. The molecule has 0 aliphatic carbocycles. The summed E-state index contributed by atoms with van der Waals surface area (Å²) in [6.45, 7) is 5.54. The molecule has 2 aliphatic heterocycles. The molecule has 2 aromatic rings. The normalized spacial score (nSPS) is 17.8. The van der Waals surface area contributed by atoms with Crippen LogP contribution < -0.4 is 10.2 Å². The SMILES string of the molecule is Cc1ccc(S(=O)(=O)N2CCCCC2)cc1C(=O)NCc1ccc(N2CCCCC2)cc1. The number of nitrogens with one attached hydrogen (secondary N) is 1. The van der Waals surface area contributed by atoms with Gasteiger partial charge in [0.25, 0.3) is 5.91 Å². The standard InChI is InChI=1S/C25H33N3O3S/c1-20-8-13-23(32(30,31)28-16-6-3-7-17-28)18-24(20)25(29)26-19-21-9-11-22(12-10-21)27-14-4-2-5-15-27/h8-13,18H,2-7,14-17,19H2,1H3,(H,26,29). The van der Waals surface area contributed by atoms with Crippen LogP contribution in [-0.4, -0.2) is 44.8 Å². The first-order valence-corrected chi connectivity index (χ1v) is 13.1. The van der Waals surface area contributed by atoms with Crippen molar-refractivity contribution in [1.29, 1.82) is 0 Å². The molecule has 0 radical (unpaired) electrons. The molecule has 6 nitrogen and oxygen atoms in total. The predicted octanol–water partition coefficient (Wildman–Crippen LogP) is 4.09. The monoisotopic (exact) mass is 455 g/mol. The molecule has 0 saturated carbocycles. The maximum absolute atomic E-state index is 13.0. The summed E-state index contributed by atoms with van der Waals surface area (Å²) in [7, 11) is -3.57. The van der Waals surface area contributed by atoms with Crippen molar-refractivity contribution in [2.24, 2.45) is 0 Å². The fourth-order valence-corrected chi connectivity index (χ4v) is 6.06. The van der Waals surface area contributed by atoms with Gasteiger partial charge in [-0.05, 0) is 74.4 Å². The highest BCUT2D eigenvalue weighted by molar-refractivity contribution is 7.89. The van der Waals surface area contributed by atoms with Crippen LogP contribution >= 0.6 is 0 Å². The molecule has 2 aromatic carbocycles. The Morgan fingerprint density at radius 1 is 0.875 bits per heavy atom. The van der Waals surface area contributed by atoms with Crippen LogP contribution in [0.3, 0.4) is 0 Å². The van der Waals surface area contributed by atoms with Gasteiger partial charge in [0.2, 0.25) is 10.0 Å². The Bertz CT molecular complexity index is 1040. The minimum absolute atomic E-state index is 0.195. The largest absolute Gasteiger partial charge is 0.372 e. The molecule has 0 unspecified atom stereocenters. The number of sulfonamides is 1. The van der Waals surface area contributed by atoms with E-state index in [0.29, 0.717) is 25.2 Å². The molecule has 1 N–H and O–H groups in total. The summed E-state index contributed by atoms with van der Waals surface area (Å²) in [6.07, 6.45) is 6.62. The van der Waals surface area contributed by atoms with Gasteiger partial charge in [-0.1, -0.05) is 24.6 Å². The Kier molecular flexibility index (Phi) is 7.16. The van der Waals surface area contributed by atoms with Gasteiger partial charge in [-0.25, -0.2) is 8.42 Å². The van der Waals surface area contributed by atoms with Gasteiger partial charge < -0.3 is 10.2 Å². The van der Waals surface area contributed by atoms with E-state index in [1.165, 1.54) is 35.3 Å². The fourth-order valence-electron chi connectivity index (χ4n) is 4.51. The predicted molar refractivity (Wildman–Crippen MR) is 127 cm³/mol. The van der Waals surface area contributed by atoms with Crippen LogP contribution in [0.1, 0.15) is 60.0 Å². The van der Waals surface area contributed by atoms with Crippen molar-refractivity contribution in [3.8, 4) is 0 Å². The lowest BCUT2D eigenvalue weighted by Gasteiger charge is -2.28. The van der Waals surface area contributed by atoms with Crippen molar-refractivity contribution in [2.75, 3.05) is 31.1 Å². The molecule has 2 aliphatic rings. The number of carbonyl (C=O) groups is 1. The van der Waals surface area contributed by atoms with Gasteiger partial charge in [0.15, 0.2) is 0 Å². The minimum atomic E-state index is -3.57. The van der Waals surface area contributed by atoms with Crippen molar-refractivity contribution >= 4 is 21.6 Å². The molecule has 2 heterocycles. The fraction of sp³-hybridized carbons (Fsp3) is 0.480. The molecule has 0 spiro atoms. The molecule has 4 rings (SSSR count). The number of piperidine rings is 2. The number of anilines is 1.